The first-order valence-corrected chi connectivity index (χ1v) is 16.2. The third-order valence-corrected chi connectivity index (χ3v) is 11.8. The fraction of sp³-hybridized carbons (Fsp3) is 0.677. The Labute approximate surface area is 247 Å². The van der Waals surface area contributed by atoms with Gasteiger partial charge in [0.05, 0.1) is 31.3 Å². The number of halogens is 1. The SMILES string of the molecule is C=CC(=O)N1CCN(C2NC(OCC3CCCN3C)NC3C[C@]4(CCC32)Cc2cccc(F)c2CS4)CC1CC#N. The molecule has 8 nitrogen and oxygen atoms in total. The molecule has 5 aliphatic rings. The molecule has 4 fully saturated rings. The zero-order valence-electron chi connectivity index (χ0n) is 24.1. The van der Waals surface area contributed by atoms with Gasteiger partial charge in [0, 0.05) is 53.7 Å². The van der Waals surface area contributed by atoms with E-state index in [9.17, 15) is 14.4 Å². The Balaban J connectivity index is 1.21. The maximum absolute atomic E-state index is 14.5. The van der Waals surface area contributed by atoms with Crippen molar-refractivity contribution in [1.29, 1.82) is 5.26 Å². The van der Waals surface area contributed by atoms with E-state index in [1.807, 2.05) is 17.8 Å². The number of likely N-dealkylation sites (N-methyl/N-ethyl adjacent to an activating group) is 1. The van der Waals surface area contributed by atoms with E-state index in [1.165, 1.54) is 12.5 Å². The average molecular weight is 583 g/mol. The predicted molar refractivity (Wildman–Crippen MR) is 158 cm³/mol. The third-order valence-electron chi connectivity index (χ3n) is 10.2. The van der Waals surface area contributed by atoms with Crippen LogP contribution in [0.3, 0.4) is 0 Å². The van der Waals surface area contributed by atoms with Crippen molar-refractivity contribution in [3.63, 3.8) is 0 Å². The van der Waals surface area contributed by atoms with E-state index in [0.29, 0.717) is 38.1 Å². The number of thioether (sulfide) groups is 1. The molecule has 3 saturated heterocycles. The van der Waals surface area contributed by atoms with Gasteiger partial charge in [0.25, 0.3) is 0 Å². The predicted octanol–water partition coefficient (Wildman–Crippen LogP) is 3.05. The van der Waals surface area contributed by atoms with Crippen LogP contribution in [0.15, 0.2) is 30.9 Å². The molecule has 0 aromatic heterocycles. The number of likely N-dealkylation sites (tertiary alicyclic amines) is 1. The van der Waals surface area contributed by atoms with E-state index < -0.39 is 0 Å². The van der Waals surface area contributed by atoms with Gasteiger partial charge < -0.3 is 14.5 Å². The number of carbonyl (C=O) groups is 1. The van der Waals surface area contributed by atoms with Crippen molar-refractivity contribution in [2.45, 2.75) is 86.1 Å². The lowest BCUT2D eigenvalue weighted by molar-refractivity contribution is -0.135. The molecule has 1 saturated carbocycles. The molecule has 1 spiro atoms. The summed E-state index contributed by atoms with van der Waals surface area (Å²) in [6, 6.07) is 8.36. The fourth-order valence-electron chi connectivity index (χ4n) is 7.90. The zero-order chi connectivity index (χ0) is 28.6. The molecule has 0 radical (unpaired) electrons. The molecule has 1 aromatic rings. The molecular weight excluding hydrogens is 539 g/mol. The lowest BCUT2D eigenvalue weighted by Gasteiger charge is -2.56. The van der Waals surface area contributed by atoms with Crippen molar-refractivity contribution >= 4 is 17.7 Å². The number of hydrogen-bond donors (Lipinski definition) is 2. The summed E-state index contributed by atoms with van der Waals surface area (Å²) in [6.45, 7) is 7.44. The van der Waals surface area contributed by atoms with E-state index in [1.54, 1.807) is 11.0 Å². The maximum Gasteiger partial charge on any atom is 0.246 e. The molecule has 4 heterocycles. The first-order valence-electron chi connectivity index (χ1n) is 15.2. The number of rotatable bonds is 6. The second kappa shape index (κ2) is 12.3. The van der Waals surface area contributed by atoms with Crippen LogP contribution in [0.25, 0.3) is 0 Å². The molecule has 41 heavy (non-hydrogen) atoms. The van der Waals surface area contributed by atoms with Crippen LogP contribution in [0.1, 0.15) is 49.7 Å². The number of hydrogen-bond acceptors (Lipinski definition) is 8. The zero-order valence-corrected chi connectivity index (χ0v) is 24.9. The Kier molecular flexibility index (Phi) is 8.74. The minimum absolute atomic E-state index is 0.0788. The van der Waals surface area contributed by atoms with Gasteiger partial charge in [-0.15, -0.1) is 11.8 Å². The van der Waals surface area contributed by atoms with E-state index in [-0.39, 0.29) is 41.1 Å². The van der Waals surface area contributed by atoms with Gasteiger partial charge >= 0.3 is 0 Å². The first kappa shape index (κ1) is 29.1. The van der Waals surface area contributed by atoms with Crippen LogP contribution in [0.4, 0.5) is 4.39 Å². The molecule has 6 unspecified atom stereocenters. The highest BCUT2D eigenvalue weighted by Gasteiger charge is 2.50. The van der Waals surface area contributed by atoms with Crippen LogP contribution >= 0.6 is 11.8 Å². The average Bonchev–Trinajstić information content (AvgIpc) is 3.39. The highest BCUT2D eigenvalue weighted by atomic mass is 32.2. The number of carbonyl (C=O) groups excluding carboxylic acids is 1. The minimum Gasteiger partial charge on any atom is -0.348 e. The van der Waals surface area contributed by atoms with Gasteiger partial charge in [-0.3, -0.25) is 20.3 Å². The van der Waals surface area contributed by atoms with Gasteiger partial charge in [0.2, 0.25) is 5.91 Å². The topological polar surface area (TPSA) is 83.9 Å². The summed E-state index contributed by atoms with van der Waals surface area (Å²) in [5, 5.41) is 17.2. The Morgan fingerprint density at radius 1 is 1.29 bits per heavy atom. The monoisotopic (exact) mass is 582 g/mol. The van der Waals surface area contributed by atoms with Gasteiger partial charge in [-0.1, -0.05) is 18.7 Å². The molecule has 0 bridgehead atoms. The maximum atomic E-state index is 14.5. The van der Waals surface area contributed by atoms with Crippen LogP contribution in [0.2, 0.25) is 0 Å². The molecule has 10 heteroatoms. The highest BCUT2D eigenvalue weighted by molar-refractivity contribution is 8.00. The minimum atomic E-state index is -0.272. The van der Waals surface area contributed by atoms with Crippen molar-refractivity contribution in [2.75, 3.05) is 39.8 Å². The van der Waals surface area contributed by atoms with Crippen LogP contribution < -0.4 is 10.6 Å². The van der Waals surface area contributed by atoms with Gasteiger partial charge in [0.1, 0.15) is 5.82 Å². The molecule has 6 rings (SSSR count). The number of nitrogens with one attached hydrogen (secondary N) is 2. The summed E-state index contributed by atoms with van der Waals surface area (Å²) >= 11 is 1.93. The van der Waals surface area contributed by atoms with Gasteiger partial charge in [-0.05, 0) is 69.8 Å². The molecule has 2 N–H and O–H groups in total. The van der Waals surface area contributed by atoms with Crippen LogP contribution in [0.5, 0.6) is 0 Å². The first-order chi connectivity index (χ1) is 19.9. The Hall–Kier alpha value is -2.00. The number of amides is 1. The quantitative estimate of drug-likeness (QED) is 0.496. The van der Waals surface area contributed by atoms with E-state index in [4.69, 9.17) is 4.74 Å². The standard InChI is InChI=1S/C31H43FN6O2S/c1-3-28(39)38-15-14-37(18-22(38)10-12-33)29-24-9-11-31(16-21-6-4-8-26(32)25(21)20-41-31)17-27(24)34-30(35-29)40-19-23-7-5-13-36(23)2/h3-4,6,8,22-24,27,29-30,34-35H,1,5,7,9-11,13-20H2,2H3/t22?,23?,24?,27?,29?,30?,31-/m0/s1. The largest absolute Gasteiger partial charge is 0.348 e. The Morgan fingerprint density at radius 2 is 2.17 bits per heavy atom. The summed E-state index contributed by atoms with van der Waals surface area (Å²) in [5.74, 6) is 0.913. The number of benzene rings is 1. The summed E-state index contributed by atoms with van der Waals surface area (Å²) in [7, 11) is 2.17. The summed E-state index contributed by atoms with van der Waals surface area (Å²) in [5.41, 5.74) is 2.03. The van der Waals surface area contributed by atoms with Crippen LogP contribution in [-0.4, -0.2) is 95.8 Å². The molecule has 222 valence electrons. The molecule has 7 atom stereocenters. The second-order valence-corrected chi connectivity index (χ2v) is 14.0. The number of nitriles is 1. The lowest BCUT2D eigenvalue weighted by Crippen LogP contribution is -2.73. The summed E-state index contributed by atoms with van der Waals surface area (Å²) in [4.78, 5) is 19.2. The highest BCUT2D eigenvalue weighted by Crippen LogP contribution is 2.50. The second-order valence-electron chi connectivity index (χ2n) is 12.6. The van der Waals surface area contributed by atoms with Crippen molar-refractivity contribution in [3.8, 4) is 6.07 Å². The molecule has 1 amide bonds. The van der Waals surface area contributed by atoms with E-state index >= 15 is 0 Å². The van der Waals surface area contributed by atoms with Crippen LogP contribution in [-0.2, 0) is 21.7 Å². The van der Waals surface area contributed by atoms with Gasteiger partial charge in [-0.2, -0.15) is 5.26 Å². The Morgan fingerprint density at radius 3 is 2.95 bits per heavy atom. The van der Waals surface area contributed by atoms with Crippen molar-refractivity contribution in [1.82, 2.24) is 25.3 Å². The molecular formula is C31H43FN6O2S. The number of fused-ring (bicyclic) bond motifs is 2. The molecule has 4 aliphatic heterocycles. The van der Waals surface area contributed by atoms with Gasteiger partial charge in [0.15, 0.2) is 6.35 Å². The van der Waals surface area contributed by atoms with Gasteiger partial charge in [-0.25, -0.2) is 4.39 Å². The molecule has 1 aromatic carbocycles. The summed E-state index contributed by atoms with van der Waals surface area (Å²) in [6.07, 6.45) is 7.89. The third kappa shape index (κ3) is 5.95. The van der Waals surface area contributed by atoms with Crippen molar-refractivity contribution in [2.24, 2.45) is 5.92 Å². The van der Waals surface area contributed by atoms with Crippen molar-refractivity contribution in [3.05, 3.63) is 47.8 Å². The fourth-order valence-corrected chi connectivity index (χ4v) is 9.49. The normalized spacial score (nSPS) is 36.0. The Bertz CT molecular complexity index is 1180. The lowest BCUT2D eigenvalue weighted by atomic mass is 9.72. The number of piperazine rings is 1. The van der Waals surface area contributed by atoms with E-state index in [0.717, 1.165) is 62.1 Å². The number of nitrogens with zero attached hydrogens (tertiary/aromatic N) is 4. The molecule has 1 aliphatic carbocycles. The number of ether oxygens (including phenoxy) is 1. The van der Waals surface area contributed by atoms with E-state index in [2.05, 4.69) is 46.2 Å². The smallest absolute Gasteiger partial charge is 0.246 e. The summed E-state index contributed by atoms with van der Waals surface area (Å²) < 4.78 is 21.1. The van der Waals surface area contributed by atoms with Crippen molar-refractivity contribution < 1.29 is 13.9 Å². The van der Waals surface area contributed by atoms with Crippen LogP contribution in [0, 0.1) is 23.1 Å².